The summed E-state index contributed by atoms with van der Waals surface area (Å²) in [6, 6.07) is 19.7. The molecule has 0 fully saturated rings. The quantitative estimate of drug-likeness (QED) is 0.522. The molecule has 0 bridgehead atoms. The van der Waals surface area contributed by atoms with Gasteiger partial charge in [-0.3, -0.25) is 4.98 Å². The molecule has 0 saturated carbocycles. The Labute approximate surface area is 151 Å². The van der Waals surface area contributed by atoms with Crippen LogP contribution in [-0.2, 0) is 12.6 Å². The van der Waals surface area contributed by atoms with Gasteiger partial charge in [0, 0.05) is 24.2 Å². The van der Waals surface area contributed by atoms with E-state index in [1.807, 2.05) is 30.3 Å². The van der Waals surface area contributed by atoms with Crippen LogP contribution in [0.15, 0.2) is 84.7 Å². The summed E-state index contributed by atoms with van der Waals surface area (Å²) in [6.07, 6.45) is -2.51. The third-order valence-electron chi connectivity index (χ3n) is 3.77. The van der Waals surface area contributed by atoms with Crippen molar-refractivity contribution in [2.75, 3.05) is 0 Å². The fraction of sp³-hybridized carbons (Fsp3) is 0.0909. The molecular formula is C22H16F3N. The zero-order chi connectivity index (χ0) is 19.3. The van der Waals surface area contributed by atoms with Crippen LogP contribution in [0.1, 0.15) is 23.8 Å². The summed E-state index contributed by atoms with van der Waals surface area (Å²) in [6.45, 7) is 0. The Morgan fingerprint density at radius 2 is 1.77 bits per heavy atom. The highest BCUT2D eigenvalue weighted by Gasteiger charge is 2.30. The molecule has 0 aliphatic carbocycles. The van der Waals surface area contributed by atoms with E-state index in [0.717, 1.165) is 17.7 Å². The number of benzene rings is 2. The van der Waals surface area contributed by atoms with E-state index in [9.17, 15) is 13.2 Å². The number of hydrogen-bond acceptors (Lipinski definition) is 1. The molecule has 1 heterocycles. The van der Waals surface area contributed by atoms with Gasteiger partial charge in [0.15, 0.2) is 0 Å². The van der Waals surface area contributed by atoms with Gasteiger partial charge < -0.3 is 0 Å². The maximum atomic E-state index is 13.1. The summed E-state index contributed by atoms with van der Waals surface area (Å²) in [5.41, 5.74) is 4.44. The molecule has 0 unspecified atom stereocenters. The van der Waals surface area contributed by atoms with E-state index in [0.29, 0.717) is 23.3 Å². The van der Waals surface area contributed by atoms with Gasteiger partial charge in [-0.15, -0.1) is 5.73 Å². The van der Waals surface area contributed by atoms with Gasteiger partial charge in [-0.25, -0.2) is 0 Å². The minimum absolute atomic E-state index is 0.0268. The standard InChI is InChI=1S/C22H16F3N/c23-22(24,25)20-10-6-9-18(16-20)19(15-17-7-2-1-3-8-17)12-13-21-11-4-5-14-26-21/h1-11,13-14,16H,15H2/i13D. The third kappa shape index (κ3) is 4.71. The van der Waals surface area contributed by atoms with Crippen LogP contribution in [0.3, 0.4) is 0 Å². The highest BCUT2D eigenvalue weighted by atomic mass is 19.4. The fourth-order valence-corrected chi connectivity index (χ4v) is 2.48. The highest BCUT2D eigenvalue weighted by molar-refractivity contribution is 5.71. The van der Waals surface area contributed by atoms with Gasteiger partial charge in [0.2, 0.25) is 0 Å². The van der Waals surface area contributed by atoms with E-state index in [1.165, 1.54) is 6.07 Å². The number of hydrogen-bond donors (Lipinski definition) is 0. The Morgan fingerprint density at radius 3 is 2.46 bits per heavy atom. The lowest BCUT2D eigenvalue weighted by atomic mass is 9.97. The molecular weight excluding hydrogens is 335 g/mol. The molecule has 1 aromatic heterocycles. The first-order valence-electron chi connectivity index (χ1n) is 8.53. The number of pyridine rings is 1. The lowest BCUT2D eigenvalue weighted by Gasteiger charge is -2.10. The Kier molecular flexibility index (Phi) is 4.95. The van der Waals surface area contributed by atoms with Crippen LogP contribution in [0.25, 0.3) is 11.6 Å². The zero-order valence-corrected chi connectivity index (χ0v) is 13.8. The SMILES string of the molecule is [2H]C(=C=C(Cc1ccccc1)c1cccc(C(F)(F)F)c1)c1ccccn1. The maximum Gasteiger partial charge on any atom is 0.416 e. The van der Waals surface area contributed by atoms with Crippen molar-refractivity contribution >= 4 is 11.6 Å². The van der Waals surface area contributed by atoms with Crippen LogP contribution < -0.4 is 0 Å². The first-order valence-corrected chi connectivity index (χ1v) is 8.03. The second-order valence-electron chi connectivity index (χ2n) is 5.68. The molecule has 0 aliphatic heterocycles. The van der Waals surface area contributed by atoms with Crippen molar-refractivity contribution in [3.8, 4) is 0 Å². The van der Waals surface area contributed by atoms with Crippen LogP contribution in [-0.4, -0.2) is 4.98 Å². The average Bonchev–Trinajstić information content (AvgIpc) is 2.68. The summed E-state index contributed by atoms with van der Waals surface area (Å²) in [5, 5.41) is 0. The van der Waals surface area contributed by atoms with Gasteiger partial charge in [0.05, 0.1) is 12.6 Å². The van der Waals surface area contributed by atoms with Crippen molar-refractivity contribution in [3.63, 3.8) is 0 Å². The van der Waals surface area contributed by atoms with Crippen molar-refractivity contribution in [1.29, 1.82) is 0 Å². The van der Waals surface area contributed by atoms with E-state index >= 15 is 0 Å². The molecule has 3 rings (SSSR count). The topological polar surface area (TPSA) is 12.9 Å². The highest BCUT2D eigenvalue weighted by Crippen LogP contribution is 2.31. The van der Waals surface area contributed by atoms with Crippen molar-refractivity contribution in [2.24, 2.45) is 0 Å². The first-order chi connectivity index (χ1) is 12.9. The molecule has 26 heavy (non-hydrogen) atoms. The molecule has 0 atom stereocenters. The zero-order valence-electron chi connectivity index (χ0n) is 14.8. The molecule has 0 spiro atoms. The normalized spacial score (nSPS) is 11.4. The molecule has 2 aromatic carbocycles. The summed E-state index contributed by atoms with van der Waals surface area (Å²) >= 11 is 0. The largest absolute Gasteiger partial charge is 0.416 e. The molecule has 3 aromatic rings. The monoisotopic (exact) mass is 352 g/mol. The maximum absolute atomic E-state index is 13.1. The predicted octanol–water partition coefficient (Wildman–Crippen LogP) is 6.04. The van der Waals surface area contributed by atoms with Gasteiger partial charge in [-0.1, -0.05) is 48.5 Å². The molecule has 130 valence electrons. The lowest BCUT2D eigenvalue weighted by molar-refractivity contribution is -0.137. The average molecular weight is 352 g/mol. The second kappa shape index (κ2) is 7.85. The molecule has 0 amide bonds. The molecule has 0 saturated heterocycles. The van der Waals surface area contributed by atoms with Crippen LogP contribution in [0.4, 0.5) is 13.2 Å². The smallest absolute Gasteiger partial charge is 0.256 e. The number of allylic oxidation sites excluding steroid dienone is 1. The van der Waals surface area contributed by atoms with Gasteiger partial charge in [-0.2, -0.15) is 13.2 Å². The molecule has 4 heteroatoms. The summed E-state index contributed by atoms with van der Waals surface area (Å²) in [4.78, 5) is 4.11. The molecule has 0 radical (unpaired) electrons. The van der Waals surface area contributed by atoms with Crippen molar-refractivity contribution in [2.45, 2.75) is 12.6 Å². The van der Waals surface area contributed by atoms with Crippen LogP contribution in [0.2, 0.25) is 0 Å². The van der Waals surface area contributed by atoms with E-state index in [-0.39, 0.29) is 6.05 Å². The van der Waals surface area contributed by atoms with Crippen LogP contribution in [0, 0.1) is 0 Å². The Balaban J connectivity index is 2.12. The molecule has 0 N–H and O–H groups in total. The minimum Gasteiger partial charge on any atom is -0.256 e. The number of aromatic nitrogens is 1. The van der Waals surface area contributed by atoms with E-state index in [4.69, 9.17) is 1.37 Å². The van der Waals surface area contributed by atoms with Crippen molar-refractivity contribution < 1.29 is 14.5 Å². The van der Waals surface area contributed by atoms with Crippen LogP contribution >= 0.6 is 0 Å². The number of alkyl halides is 3. The Bertz CT molecular complexity index is 973. The summed E-state index contributed by atoms with van der Waals surface area (Å²) < 4.78 is 47.5. The minimum atomic E-state index is -4.43. The summed E-state index contributed by atoms with van der Waals surface area (Å²) in [7, 11) is 0. The number of halogens is 3. The summed E-state index contributed by atoms with van der Waals surface area (Å²) in [5.74, 6) is 0. The lowest BCUT2D eigenvalue weighted by Crippen LogP contribution is -2.05. The Morgan fingerprint density at radius 1 is 1.00 bits per heavy atom. The van der Waals surface area contributed by atoms with Gasteiger partial charge in [-0.05, 0) is 35.4 Å². The van der Waals surface area contributed by atoms with E-state index < -0.39 is 11.7 Å². The van der Waals surface area contributed by atoms with E-state index in [1.54, 1.807) is 30.5 Å². The Hall–Kier alpha value is -3.10. The third-order valence-corrected chi connectivity index (χ3v) is 3.77. The predicted molar refractivity (Wildman–Crippen MR) is 97.2 cm³/mol. The first kappa shape index (κ1) is 16.4. The van der Waals surface area contributed by atoms with Gasteiger partial charge >= 0.3 is 6.18 Å². The fourth-order valence-electron chi connectivity index (χ4n) is 2.48. The van der Waals surface area contributed by atoms with Crippen molar-refractivity contribution in [3.05, 3.63) is 107 Å². The molecule has 1 nitrogen and oxygen atoms in total. The van der Waals surface area contributed by atoms with Crippen molar-refractivity contribution in [1.82, 2.24) is 4.98 Å². The second-order valence-corrected chi connectivity index (χ2v) is 5.68. The number of nitrogens with zero attached hydrogens (tertiary/aromatic N) is 1. The van der Waals surface area contributed by atoms with Crippen LogP contribution in [0.5, 0.6) is 0 Å². The van der Waals surface area contributed by atoms with Gasteiger partial charge in [0.1, 0.15) is 0 Å². The van der Waals surface area contributed by atoms with E-state index in [2.05, 4.69) is 10.7 Å². The molecule has 0 aliphatic rings. The number of rotatable bonds is 4. The van der Waals surface area contributed by atoms with Gasteiger partial charge in [0.25, 0.3) is 0 Å².